The third kappa shape index (κ3) is 8.27. The fraction of sp³-hybridized carbons (Fsp3) is 0.250. The first-order chi connectivity index (χ1) is 15.1. The van der Waals surface area contributed by atoms with Gasteiger partial charge in [0.05, 0.1) is 40.0 Å². The lowest BCUT2D eigenvalue weighted by Gasteiger charge is -2.56. The molecular weight excluding hydrogens is 392 g/mol. The van der Waals surface area contributed by atoms with Crippen molar-refractivity contribution in [2.75, 3.05) is 40.0 Å². The summed E-state index contributed by atoms with van der Waals surface area (Å²) in [6, 6.07) is 26.1. The Morgan fingerprint density at radius 1 is 0.355 bits per heavy atom. The fourth-order valence-electron chi connectivity index (χ4n) is 3.52. The van der Waals surface area contributed by atoms with Crippen LogP contribution in [0.25, 0.3) is 0 Å². The lowest BCUT2D eigenvalue weighted by Crippen LogP contribution is -2.71. The van der Waals surface area contributed by atoms with Gasteiger partial charge in [0, 0.05) is 0 Å². The van der Waals surface area contributed by atoms with E-state index in [4.69, 9.17) is 15.3 Å². The van der Waals surface area contributed by atoms with E-state index in [1.807, 2.05) is 18.2 Å². The second kappa shape index (κ2) is 11.9. The highest BCUT2D eigenvalue weighted by molar-refractivity contribution is 5.19. The Morgan fingerprint density at radius 2 is 0.548 bits per heavy atom. The average Bonchev–Trinajstić information content (AvgIpc) is 2.76. The molecule has 7 nitrogen and oxygen atoms in total. The summed E-state index contributed by atoms with van der Waals surface area (Å²) in [6.45, 7) is 7.12. The van der Waals surface area contributed by atoms with Crippen LogP contribution in [0.15, 0.2) is 91.0 Å². The topological polar surface area (TPSA) is 73.7 Å². The molecule has 0 aliphatic carbocycles. The predicted molar refractivity (Wildman–Crippen MR) is 121 cm³/mol. The standard InChI is InChI=1S/C6H12N4.3C6H6O/c1-7-2-9-4-8(1)5-10(3-7)6-9;3*7-6-4-2-1-3-5-6/h1-6H2;3*1-5,7H. The first-order valence-corrected chi connectivity index (χ1v) is 10.2. The summed E-state index contributed by atoms with van der Waals surface area (Å²) >= 11 is 0. The first kappa shape index (κ1) is 22.6. The summed E-state index contributed by atoms with van der Waals surface area (Å²) in [6.07, 6.45) is 0. The van der Waals surface area contributed by atoms with Gasteiger partial charge in [0.1, 0.15) is 17.2 Å². The zero-order chi connectivity index (χ0) is 21.9. The Morgan fingerprint density at radius 3 is 0.677 bits per heavy atom. The Bertz CT molecular complexity index is 720. The smallest absolute Gasteiger partial charge is 0.115 e. The molecule has 4 heterocycles. The minimum atomic E-state index is 0.322. The molecule has 0 radical (unpaired) electrons. The minimum absolute atomic E-state index is 0.322. The highest BCUT2D eigenvalue weighted by atomic mass is 16.3. The minimum Gasteiger partial charge on any atom is -0.508 e. The summed E-state index contributed by atoms with van der Waals surface area (Å²) in [5, 5.41) is 25.9. The molecule has 164 valence electrons. The third-order valence-electron chi connectivity index (χ3n) is 4.67. The molecule has 31 heavy (non-hydrogen) atoms. The van der Waals surface area contributed by atoms with Crippen molar-refractivity contribution in [2.24, 2.45) is 0 Å². The van der Waals surface area contributed by atoms with Crippen molar-refractivity contribution in [1.29, 1.82) is 0 Å². The van der Waals surface area contributed by atoms with Gasteiger partial charge in [0.25, 0.3) is 0 Å². The van der Waals surface area contributed by atoms with Crippen LogP contribution in [0.4, 0.5) is 0 Å². The van der Waals surface area contributed by atoms with Crippen molar-refractivity contribution in [1.82, 2.24) is 19.6 Å². The van der Waals surface area contributed by atoms with Crippen molar-refractivity contribution in [2.45, 2.75) is 0 Å². The number of nitrogens with zero attached hydrogens (tertiary/aromatic N) is 4. The molecule has 0 amide bonds. The molecule has 3 N–H and O–H groups in total. The Labute approximate surface area is 183 Å². The molecule has 0 unspecified atom stereocenters. The number of aromatic hydroxyl groups is 3. The van der Waals surface area contributed by atoms with E-state index < -0.39 is 0 Å². The van der Waals surface area contributed by atoms with Crippen molar-refractivity contribution in [3.8, 4) is 17.2 Å². The van der Waals surface area contributed by atoms with Crippen LogP contribution in [0.3, 0.4) is 0 Å². The van der Waals surface area contributed by atoms with Crippen LogP contribution >= 0.6 is 0 Å². The monoisotopic (exact) mass is 422 g/mol. The molecule has 0 saturated carbocycles. The van der Waals surface area contributed by atoms with Crippen LogP contribution in [-0.2, 0) is 0 Å². The zero-order valence-electron chi connectivity index (χ0n) is 17.5. The number of hydrogen-bond acceptors (Lipinski definition) is 7. The van der Waals surface area contributed by atoms with E-state index >= 15 is 0 Å². The zero-order valence-corrected chi connectivity index (χ0v) is 17.5. The normalized spacial score (nSPS) is 24.4. The van der Waals surface area contributed by atoms with E-state index in [9.17, 15) is 0 Å². The maximum atomic E-state index is 8.63. The summed E-state index contributed by atoms with van der Waals surface area (Å²) in [5.74, 6) is 0.965. The molecule has 7 heteroatoms. The van der Waals surface area contributed by atoms with Crippen molar-refractivity contribution < 1.29 is 15.3 Å². The number of benzene rings is 3. The quantitative estimate of drug-likeness (QED) is 0.514. The molecular formula is C24H30N4O3. The van der Waals surface area contributed by atoms with E-state index in [0.29, 0.717) is 17.2 Å². The Hall–Kier alpha value is -3.10. The maximum absolute atomic E-state index is 8.63. The Balaban J connectivity index is 0.000000119. The molecule has 7 rings (SSSR count). The van der Waals surface area contributed by atoms with E-state index in [0.717, 1.165) is 0 Å². The third-order valence-corrected chi connectivity index (χ3v) is 4.67. The highest BCUT2D eigenvalue weighted by Crippen LogP contribution is 2.20. The van der Waals surface area contributed by atoms with Gasteiger partial charge in [-0.25, -0.2) is 0 Å². The number of rotatable bonds is 0. The number of phenolic OH excluding ortho intramolecular Hbond substituents is 3. The van der Waals surface area contributed by atoms with E-state index in [2.05, 4.69) is 19.6 Å². The van der Waals surface area contributed by atoms with Crippen LogP contribution in [0.1, 0.15) is 0 Å². The van der Waals surface area contributed by atoms with E-state index in [-0.39, 0.29) is 0 Å². The average molecular weight is 423 g/mol. The number of para-hydroxylation sites is 3. The van der Waals surface area contributed by atoms with E-state index in [1.54, 1.807) is 72.8 Å². The molecule has 3 aromatic carbocycles. The molecule has 4 fully saturated rings. The van der Waals surface area contributed by atoms with Gasteiger partial charge in [-0.15, -0.1) is 0 Å². The molecule has 0 aromatic heterocycles. The van der Waals surface area contributed by atoms with Gasteiger partial charge in [-0.1, -0.05) is 54.6 Å². The van der Waals surface area contributed by atoms with Crippen molar-refractivity contribution in [3.63, 3.8) is 0 Å². The molecule has 3 aromatic rings. The van der Waals surface area contributed by atoms with E-state index in [1.165, 1.54) is 40.0 Å². The molecule has 4 bridgehead atoms. The maximum Gasteiger partial charge on any atom is 0.115 e. The summed E-state index contributed by atoms with van der Waals surface area (Å²) in [5.41, 5.74) is 0. The SMILES string of the molecule is C1N2CN3CN1CN(C2)C3.Oc1ccccc1.Oc1ccccc1.Oc1ccccc1. The first-order valence-electron chi connectivity index (χ1n) is 10.2. The summed E-state index contributed by atoms with van der Waals surface area (Å²) in [4.78, 5) is 9.88. The van der Waals surface area contributed by atoms with Gasteiger partial charge < -0.3 is 15.3 Å². The van der Waals surface area contributed by atoms with Gasteiger partial charge in [-0.3, -0.25) is 19.6 Å². The fourth-order valence-corrected chi connectivity index (χ4v) is 3.52. The lowest BCUT2D eigenvalue weighted by molar-refractivity contribution is -0.194. The highest BCUT2D eigenvalue weighted by Gasteiger charge is 2.36. The molecule has 4 saturated heterocycles. The van der Waals surface area contributed by atoms with Crippen LogP contribution in [0, 0.1) is 0 Å². The van der Waals surface area contributed by atoms with Gasteiger partial charge in [0.15, 0.2) is 0 Å². The van der Waals surface area contributed by atoms with Crippen LogP contribution < -0.4 is 0 Å². The summed E-state index contributed by atoms with van der Waals surface area (Å²) in [7, 11) is 0. The molecule has 0 atom stereocenters. The Kier molecular flexibility index (Phi) is 8.69. The van der Waals surface area contributed by atoms with Crippen LogP contribution in [0.5, 0.6) is 17.2 Å². The van der Waals surface area contributed by atoms with Gasteiger partial charge in [-0.2, -0.15) is 0 Å². The van der Waals surface area contributed by atoms with Gasteiger partial charge in [-0.05, 0) is 36.4 Å². The number of hydrogen-bond donors (Lipinski definition) is 3. The van der Waals surface area contributed by atoms with Crippen molar-refractivity contribution >= 4 is 0 Å². The molecule has 4 aliphatic heterocycles. The largest absolute Gasteiger partial charge is 0.508 e. The second-order valence-corrected chi connectivity index (χ2v) is 7.54. The van der Waals surface area contributed by atoms with Crippen LogP contribution in [-0.4, -0.2) is 74.9 Å². The second-order valence-electron chi connectivity index (χ2n) is 7.54. The molecule has 4 aliphatic rings. The molecule has 0 spiro atoms. The van der Waals surface area contributed by atoms with Crippen LogP contribution in [0.2, 0.25) is 0 Å². The lowest BCUT2D eigenvalue weighted by atomic mass is 10.3. The predicted octanol–water partition coefficient (Wildman–Crippen LogP) is 3.16. The number of phenols is 3. The van der Waals surface area contributed by atoms with Crippen molar-refractivity contribution in [3.05, 3.63) is 91.0 Å². The summed E-state index contributed by atoms with van der Waals surface area (Å²) < 4.78 is 0. The van der Waals surface area contributed by atoms with Gasteiger partial charge >= 0.3 is 0 Å². The van der Waals surface area contributed by atoms with Gasteiger partial charge in [0.2, 0.25) is 0 Å².